The molecule has 14 heteroatoms. The van der Waals surface area contributed by atoms with Crippen molar-refractivity contribution in [2.24, 2.45) is 5.11 Å². The Hall–Kier alpha value is -3.55. The van der Waals surface area contributed by atoms with Crippen molar-refractivity contribution in [3.8, 4) is 11.3 Å². The first kappa shape index (κ1) is 29.9. The maximum absolute atomic E-state index is 13.9. The number of nitrogens with zero attached hydrogens (tertiary/aromatic N) is 7. The standard InChI is InChI=1S/C28H36N8O5S/c1-16-21(30-27(42-16)35-12-10-34(4)11-13-35)17-6-8-18(9-7-17)25(38)31-24(28(2,3)40-5)26(39)36-14-19(32-33-29)23-22(36)20(37)15-41-23/h6-9,19,22-24H,10-15H2,1-5H3,(H,31,38). The molecule has 13 nitrogen and oxygen atoms in total. The summed E-state index contributed by atoms with van der Waals surface area (Å²) >= 11 is 1.67. The van der Waals surface area contributed by atoms with E-state index < -0.39 is 41.6 Å². The summed E-state index contributed by atoms with van der Waals surface area (Å²) in [4.78, 5) is 54.7. The van der Waals surface area contributed by atoms with Crippen molar-refractivity contribution < 1.29 is 23.9 Å². The summed E-state index contributed by atoms with van der Waals surface area (Å²) in [5.41, 5.74) is 10.0. The van der Waals surface area contributed by atoms with Crippen molar-refractivity contribution in [2.45, 2.75) is 50.6 Å². The number of hydrogen-bond acceptors (Lipinski definition) is 10. The van der Waals surface area contributed by atoms with E-state index in [9.17, 15) is 14.4 Å². The van der Waals surface area contributed by atoms with E-state index in [1.807, 2.05) is 19.1 Å². The summed E-state index contributed by atoms with van der Waals surface area (Å²) in [5.74, 6) is -1.24. The first-order valence-electron chi connectivity index (χ1n) is 13.9. The topological polar surface area (TPSA) is 153 Å². The number of rotatable bonds is 8. The number of carbonyl (C=O) groups excluding carboxylic acids is 3. The molecule has 42 heavy (non-hydrogen) atoms. The third-order valence-corrected chi connectivity index (χ3v) is 9.40. The van der Waals surface area contributed by atoms with Gasteiger partial charge in [-0.25, -0.2) is 4.98 Å². The molecule has 2 amide bonds. The van der Waals surface area contributed by atoms with Gasteiger partial charge in [-0.2, -0.15) is 0 Å². The Balaban J connectivity index is 1.33. The highest BCUT2D eigenvalue weighted by molar-refractivity contribution is 7.16. The van der Waals surface area contributed by atoms with Crippen LogP contribution in [0.5, 0.6) is 0 Å². The zero-order valence-corrected chi connectivity index (χ0v) is 25.3. The molecule has 4 heterocycles. The molecule has 3 saturated heterocycles. The summed E-state index contributed by atoms with van der Waals surface area (Å²) < 4.78 is 11.1. The Bertz CT molecular complexity index is 1400. The number of anilines is 1. The monoisotopic (exact) mass is 596 g/mol. The van der Waals surface area contributed by atoms with Crippen LogP contribution in [0.25, 0.3) is 21.7 Å². The number of nitrogens with one attached hydrogen (secondary N) is 1. The number of amides is 2. The Labute approximate surface area is 248 Å². The second kappa shape index (κ2) is 12.0. The fourth-order valence-electron chi connectivity index (χ4n) is 5.62. The number of benzene rings is 1. The van der Waals surface area contributed by atoms with Gasteiger partial charge < -0.3 is 29.5 Å². The highest BCUT2D eigenvalue weighted by Gasteiger charge is 2.54. The Morgan fingerprint density at radius 3 is 2.57 bits per heavy atom. The van der Waals surface area contributed by atoms with Gasteiger partial charge in [-0.3, -0.25) is 14.4 Å². The molecule has 2 aromatic rings. The van der Waals surface area contributed by atoms with Gasteiger partial charge in [0.05, 0.1) is 23.4 Å². The lowest BCUT2D eigenvalue weighted by atomic mass is 9.95. The molecule has 0 aliphatic carbocycles. The number of carbonyl (C=O) groups is 3. The van der Waals surface area contributed by atoms with Crippen molar-refractivity contribution in [1.82, 2.24) is 20.1 Å². The second-order valence-electron chi connectivity index (χ2n) is 11.4. The molecular weight excluding hydrogens is 560 g/mol. The van der Waals surface area contributed by atoms with Crippen LogP contribution in [0.4, 0.5) is 5.13 Å². The molecule has 3 fully saturated rings. The smallest absolute Gasteiger partial charge is 0.252 e. The number of aryl methyl sites for hydroxylation is 1. The van der Waals surface area contributed by atoms with Crippen LogP contribution in [0.2, 0.25) is 0 Å². The van der Waals surface area contributed by atoms with Crippen molar-refractivity contribution in [2.75, 3.05) is 58.4 Å². The zero-order valence-electron chi connectivity index (χ0n) is 24.4. The van der Waals surface area contributed by atoms with Gasteiger partial charge in [-0.05, 0) is 45.5 Å². The SMILES string of the molecule is COC(C)(C)C(NC(=O)c1ccc(-c2nc(N3CCN(C)CC3)sc2C)cc1)C(=O)N1CC(N=[N+]=[N-])C2OCC(=O)C21. The van der Waals surface area contributed by atoms with Crippen molar-refractivity contribution in [3.63, 3.8) is 0 Å². The van der Waals surface area contributed by atoms with Gasteiger partial charge in [-0.15, -0.1) is 11.3 Å². The fraction of sp³-hybridized carbons (Fsp3) is 0.571. The van der Waals surface area contributed by atoms with Crippen molar-refractivity contribution in [1.29, 1.82) is 0 Å². The lowest BCUT2D eigenvalue weighted by molar-refractivity contribution is -0.144. The van der Waals surface area contributed by atoms with Gasteiger partial charge in [0.25, 0.3) is 5.91 Å². The van der Waals surface area contributed by atoms with E-state index in [-0.39, 0.29) is 18.9 Å². The number of likely N-dealkylation sites (tertiary alicyclic amines) is 1. The van der Waals surface area contributed by atoms with Crippen molar-refractivity contribution in [3.05, 3.63) is 45.1 Å². The molecule has 0 saturated carbocycles. The first-order valence-corrected chi connectivity index (χ1v) is 14.7. The maximum Gasteiger partial charge on any atom is 0.252 e. The number of ketones is 1. The number of Topliss-reactive ketones (excluding diaryl/α,β-unsaturated/α-hetero) is 1. The maximum atomic E-state index is 13.9. The molecule has 3 aliphatic heterocycles. The van der Waals surface area contributed by atoms with Gasteiger partial charge in [0.1, 0.15) is 18.7 Å². The van der Waals surface area contributed by atoms with Gasteiger partial charge in [-0.1, -0.05) is 17.2 Å². The Morgan fingerprint density at radius 2 is 1.93 bits per heavy atom. The predicted molar refractivity (Wildman–Crippen MR) is 158 cm³/mol. The lowest BCUT2D eigenvalue weighted by Crippen LogP contribution is -2.60. The highest BCUT2D eigenvalue weighted by Crippen LogP contribution is 2.34. The van der Waals surface area contributed by atoms with E-state index in [0.29, 0.717) is 5.56 Å². The number of methoxy groups -OCH3 is 1. The summed E-state index contributed by atoms with van der Waals surface area (Å²) in [6.07, 6.45) is -0.710. The number of ether oxygens (including phenoxy) is 2. The highest BCUT2D eigenvalue weighted by atomic mass is 32.1. The van der Waals surface area contributed by atoms with Gasteiger partial charge in [0.2, 0.25) is 5.91 Å². The van der Waals surface area contributed by atoms with Crippen LogP contribution in [0, 0.1) is 6.92 Å². The molecule has 0 radical (unpaired) electrons. The quantitative estimate of drug-likeness (QED) is 0.277. The average Bonchev–Trinajstić information content (AvgIpc) is 3.67. The van der Waals surface area contributed by atoms with E-state index in [1.54, 1.807) is 37.3 Å². The van der Waals surface area contributed by atoms with Crippen LogP contribution >= 0.6 is 11.3 Å². The second-order valence-corrected chi connectivity index (χ2v) is 12.6. The third-order valence-electron chi connectivity index (χ3n) is 8.36. The van der Waals surface area contributed by atoms with Crippen LogP contribution < -0.4 is 10.2 Å². The zero-order chi connectivity index (χ0) is 30.2. The molecule has 1 N–H and O–H groups in total. The van der Waals surface area contributed by atoms with Crippen LogP contribution in [0.15, 0.2) is 29.4 Å². The molecule has 4 atom stereocenters. The van der Waals surface area contributed by atoms with Crippen LogP contribution in [0.3, 0.4) is 0 Å². The minimum Gasteiger partial charge on any atom is -0.376 e. The van der Waals surface area contributed by atoms with Crippen molar-refractivity contribution >= 4 is 34.1 Å². The molecule has 0 bridgehead atoms. The van der Waals surface area contributed by atoms with E-state index in [4.69, 9.17) is 20.0 Å². The summed E-state index contributed by atoms with van der Waals surface area (Å²) in [6.45, 7) is 9.14. The molecular formula is C28H36N8O5S. The molecule has 1 aromatic carbocycles. The van der Waals surface area contributed by atoms with Gasteiger partial charge in [0.15, 0.2) is 10.9 Å². The lowest BCUT2D eigenvalue weighted by Gasteiger charge is -2.36. The van der Waals surface area contributed by atoms with Crippen LogP contribution in [-0.2, 0) is 19.1 Å². The van der Waals surface area contributed by atoms with Crippen LogP contribution in [-0.4, -0.2) is 116 Å². The third kappa shape index (κ3) is 5.72. The average molecular weight is 597 g/mol. The number of azide groups is 1. The molecule has 1 aromatic heterocycles. The minimum atomic E-state index is -1.12. The fourth-order valence-corrected chi connectivity index (χ4v) is 6.60. The van der Waals surface area contributed by atoms with Crippen LogP contribution in [0.1, 0.15) is 29.1 Å². The Morgan fingerprint density at radius 1 is 1.24 bits per heavy atom. The number of thiazole rings is 1. The molecule has 3 aliphatic rings. The summed E-state index contributed by atoms with van der Waals surface area (Å²) in [6, 6.07) is 4.42. The molecule has 5 rings (SSSR count). The number of piperazine rings is 1. The van der Waals surface area contributed by atoms with E-state index in [1.165, 1.54) is 12.0 Å². The number of likely N-dealkylation sites (N-methyl/N-ethyl adjacent to an activating group) is 1. The normalized spacial score (nSPS) is 23.5. The summed E-state index contributed by atoms with van der Waals surface area (Å²) in [5, 5.41) is 7.56. The van der Waals surface area contributed by atoms with E-state index >= 15 is 0 Å². The predicted octanol–water partition coefficient (Wildman–Crippen LogP) is 2.25. The number of fused-ring (bicyclic) bond motifs is 1. The molecule has 224 valence electrons. The van der Waals surface area contributed by atoms with E-state index in [0.717, 1.165) is 47.4 Å². The number of hydrogen-bond donors (Lipinski definition) is 1. The summed E-state index contributed by atoms with van der Waals surface area (Å²) in [7, 11) is 3.57. The Kier molecular flexibility index (Phi) is 8.53. The van der Waals surface area contributed by atoms with Gasteiger partial charge >= 0.3 is 0 Å². The largest absolute Gasteiger partial charge is 0.376 e. The minimum absolute atomic E-state index is 0.00787. The van der Waals surface area contributed by atoms with Gasteiger partial charge in [0, 0.05) is 60.7 Å². The van der Waals surface area contributed by atoms with E-state index in [2.05, 4.69) is 32.2 Å². The number of aromatic nitrogens is 1. The first-order chi connectivity index (χ1) is 20.0. The molecule has 4 unspecified atom stereocenters. The molecule has 0 spiro atoms.